The highest BCUT2D eigenvalue weighted by Crippen LogP contribution is 2.48. The van der Waals surface area contributed by atoms with E-state index in [-0.39, 0.29) is 18.2 Å². The Morgan fingerprint density at radius 2 is 2.00 bits per heavy atom. The average Bonchev–Trinajstić information content (AvgIpc) is 3.46. The Morgan fingerprint density at radius 3 is 2.87 bits per heavy atom. The molecular formula is C20H27N7OS2. The summed E-state index contributed by atoms with van der Waals surface area (Å²) in [5, 5.41) is 16.9. The summed E-state index contributed by atoms with van der Waals surface area (Å²) in [5.74, 6) is 1.45. The zero-order valence-corrected chi connectivity index (χ0v) is 18.8. The molecule has 160 valence electrons. The number of nitrogens with one attached hydrogen (secondary N) is 2. The predicted octanol–water partition coefficient (Wildman–Crippen LogP) is 2.58. The second-order valence-corrected chi connectivity index (χ2v) is 10.6. The van der Waals surface area contributed by atoms with Gasteiger partial charge in [0.05, 0.1) is 11.9 Å². The number of likely N-dealkylation sites (tertiary alicyclic amines) is 1. The first-order chi connectivity index (χ1) is 14.7. The number of hydrogen-bond donors (Lipinski definition) is 2. The highest BCUT2D eigenvalue weighted by molar-refractivity contribution is 7.99. The van der Waals surface area contributed by atoms with Crippen LogP contribution in [0.2, 0.25) is 0 Å². The number of hydrazine groups is 1. The Balaban J connectivity index is 1.34. The lowest BCUT2D eigenvalue weighted by atomic mass is 9.94. The zero-order valence-electron chi connectivity index (χ0n) is 17.2. The number of nitrogens with zero attached hydrogens (tertiary/aromatic N) is 5. The van der Waals surface area contributed by atoms with Gasteiger partial charge in [-0.1, -0.05) is 11.8 Å². The van der Waals surface area contributed by atoms with Crippen molar-refractivity contribution in [1.82, 2.24) is 30.4 Å². The van der Waals surface area contributed by atoms with Crippen molar-refractivity contribution >= 4 is 35.0 Å². The van der Waals surface area contributed by atoms with Gasteiger partial charge in [-0.05, 0) is 57.4 Å². The lowest BCUT2D eigenvalue weighted by Crippen LogP contribution is -2.40. The number of fused-ring (bicyclic) bond motifs is 8. The molecule has 6 rings (SSSR count). The molecule has 2 saturated heterocycles. The van der Waals surface area contributed by atoms with Crippen molar-refractivity contribution < 1.29 is 4.79 Å². The van der Waals surface area contributed by atoms with Crippen molar-refractivity contribution in [2.24, 2.45) is 0 Å². The summed E-state index contributed by atoms with van der Waals surface area (Å²) >= 11 is 3.41. The molecule has 0 aromatic carbocycles. The van der Waals surface area contributed by atoms with Crippen molar-refractivity contribution in [3.05, 3.63) is 16.0 Å². The summed E-state index contributed by atoms with van der Waals surface area (Å²) < 4.78 is 2.18. The molecule has 10 heteroatoms. The third-order valence-electron chi connectivity index (χ3n) is 6.53. The number of anilines is 1. The van der Waals surface area contributed by atoms with Crippen LogP contribution in [0.25, 0.3) is 5.00 Å². The van der Waals surface area contributed by atoms with Crippen molar-refractivity contribution in [1.29, 1.82) is 0 Å². The molecule has 8 nitrogen and oxygen atoms in total. The molecule has 5 heterocycles. The van der Waals surface area contributed by atoms with Crippen LogP contribution in [0.4, 0.5) is 5.95 Å². The van der Waals surface area contributed by atoms with Crippen LogP contribution >= 0.6 is 23.1 Å². The molecule has 4 aliphatic rings. The molecule has 0 bridgehead atoms. The van der Waals surface area contributed by atoms with Crippen molar-refractivity contribution in [2.45, 2.75) is 69.4 Å². The van der Waals surface area contributed by atoms with Gasteiger partial charge in [-0.25, -0.2) is 9.99 Å². The number of carbonyl (C=O) groups excluding carboxylic acids is 1. The monoisotopic (exact) mass is 445 g/mol. The highest BCUT2D eigenvalue weighted by Gasteiger charge is 2.43. The summed E-state index contributed by atoms with van der Waals surface area (Å²) in [7, 11) is 0. The fraction of sp³-hybridized carbons (Fsp3) is 0.650. The quantitative estimate of drug-likeness (QED) is 0.703. The molecule has 30 heavy (non-hydrogen) atoms. The maximum Gasteiger partial charge on any atom is 0.249 e. The van der Waals surface area contributed by atoms with Crippen LogP contribution in [0, 0.1) is 0 Å². The number of carbonyl (C=O) groups is 1. The first-order valence-electron chi connectivity index (χ1n) is 11.0. The fourth-order valence-electron chi connectivity index (χ4n) is 5.09. The first kappa shape index (κ1) is 19.1. The summed E-state index contributed by atoms with van der Waals surface area (Å²) in [6.45, 7) is 3.91. The molecule has 2 atom stereocenters. The van der Waals surface area contributed by atoms with Crippen LogP contribution in [0.5, 0.6) is 0 Å². The number of amides is 1. The van der Waals surface area contributed by atoms with E-state index in [1.165, 1.54) is 52.0 Å². The molecule has 0 saturated carbocycles. The lowest BCUT2D eigenvalue weighted by molar-refractivity contribution is -0.129. The van der Waals surface area contributed by atoms with E-state index in [1.807, 2.05) is 16.2 Å². The number of aryl methyl sites for hydroxylation is 1. The Kier molecular flexibility index (Phi) is 4.78. The van der Waals surface area contributed by atoms with Gasteiger partial charge in [-0.3, -0.25) is 15.1 Å². The van der Waals surface area contributed by atoms with Crippen molar-refractivity contribution in [2.75, 3.05) is 23.9 Å². The van der Waals surface area contributed by atoms with Gasteiger partial charge in [0.25, 0.3) is 0 Å². The van der Waals surface area contributed by atoms with Crippen LogP contribution in [-0.4, -0.2) is 50.6 Å². The van der Waals surface area contributed by atoms with Gasteiger partial charge in [0.15, 0.2) is 5.16 Å². The van der Waals surface area contributed by atoms with Gasteiger partial charge >= 0.3 is 0 Å². The number of rotatable bonds is 3. The minimum Gasteiger partial charge on any atom is -0.342 e. The summed E-state index contributed by atoms with van der Waals surface area (Å²) in [4.78, 5) is 16.2. The zero-order chi connectivity index (χ0) is 20.2. The fourth-order valence-corrected chi connectivity index (χ4v) is 7.40. The summed E-state index contributed by atoms with van der Waals surface area (Å²) in [5.41, 5.74) is 6.39. The molecule has 0 spiro atoms. The number of aromatic nitrogens is 3. The molecule has 2 fully saturated rings. The van der Waals surface area contributed by atoms with E-state index in [2.05, 4.69) is 37.4 Å². The Labute approximate surface area is 184 Å². The van der Waals surface area contributed by atoms with E-state index in [1.54, 1.807) is 0 Å². The molecule has 1 aliphatic carbocycles. The maximum absolute atomic E-state index is 12.7. The summed E-state index contributed by atoms with van der Waals surface area (Å²) in [6, 6.07) is 0. The minimum absolute atomic E-state index is 0.0950. The van der Waals surface area contributed by atoms with Crippen LogP contribution < -0.4 is 15.8 Å². The van der Waals surface area contributed by atoms with Gasteiger partial charge < -0.3 is 4.90 Å². The SMILES string of the molecule is CC1NC2c3c(sc4c3CCCC4)-n3c(SCC(=O)N4CCCCC4)nnc3N2N1. The van der Waals surface area contributed by atoms with E-state index in [0.717, 1.165) is 49.9 Å². The van der Waals surface area contributed by atoms with Crippen LogP contribution in [0.3, 0.4) is 0 Å². The number of piperidine rings is 1. The van der Waals surface area contributed by atoms with E-state index in [0.29, 0.717) is 5.75 Å². The van der Waals surface area contributed by atoms with Crippen molar-refractivity contribution in [3.63, 3.8) is 0 Å². The summed E-state index contributed by atoms with van der Waals surface area (Å²) in [6.07, 6.45) is 8.57. The van der Waals surface area contributed by atoms with Gasteiger partial charge in [0, 0.05) is 23.5 Å². The van der Waals surface area contributed by atoms with Crippen LogP contribution in [0.1, 0.15) is 61.2 Å². The largest absolute Gasteiger partial charge is 0.342 e. The Morgan fingerprint density at radius 1 is 1.17 bits per heavy atom. The normalized spacial score (nSPS) is 25.0. The lowest BCUT2D eigenvalue weighted by Gasteiger charge is -2.31. The van der Waals surface area contributed by atoms with Crippen molar-refractivity contribution in [3.8, 4) is 5.00 Å². The van der Waals surface area contributed by atoms with Gasteiger partial charge in [-0.2, -0.15) is 0 Å². The molecule has 2 aromatic heterocycles. The average molecular weight is 446 g/mol. The second kappa shape index (κ2) is 7.51. The topological polar surface area (TPSA) is 78.3 Å². The molecule has 1 amide bonds. The number of hydrogen-bond acceptors (Lipinski definition) is 8. The first-order valence-corrected chi connectivity index (χ1v) is 12.8. The standard InChI is InChI=1S/C20H27N7OS2/c1-12-21-17-16-13-7-3-4-8-14(13)30-18(16)26-19(27(17)24-12)22-23-20(26)29-11-15(28)25-9-5-2-6-10-25/h12,17,21,24H,2-11H2,1H3. The van der Waals surface area contributed by atoms with E-state index >= 15 is 0 Å². The Hall–Kier alpha value is -1.62. The molecule has 2 aromatic rings. The van der Waals surface area contributed by atoms with E-state index in [4.69, 9.17) is 0 Å². The second-order valence-electron chi connectivity index (χ2n) is 8.57. The predicted molar refractivity (Wildman–Crippen MR) is 118 cm³/mol. The Bertz CT molecular complexity index is 980. The smallest absolute Gasteiger partial charge is 0.249 e. The third kappa shape index (κ3) is 2.99. The van der Waals surface area contributed by atoms with Crippen LogP contribution in [-0.2, 0) is 17.6 Å². The molecule has 3 aliphatic heterocycles. The molecular weight excluding hydrogens is 418 g/mol. The number of thioether (sulfide) groups is 1. The minimum atomic E-state index is 0.0950. The number of thiophene rings is 1. The van der Waals surface area contributed by atoms with E-state index < -0.39 is 0 Å². The molecule has 2 N–H and O–H groups in total. The van der Waals surface area contributed by atoms with Gasteiger partial charge in [0.1, 0.15) is 11.2 Å². The third-order valence-corrected chi connectivity index (χ3v) is 8.74. The van der Waals surface area contributed by atoms with Crippen LogP contribution in [0.15, 0.2) is 5.16 Å². The highest BCUT2D eigenvalue weighted by atomic mass is 32.2. The maximum atomic E-state index is 12.7. The molecule has 0 radical (unpaired) electrons. The van der Waals surface area contributed by atoms with Gasteiger partial charge in [-0.15, -0.1) is 21.5 Å². The van der Waals surface area contributed by atoms with E-state index in [9.17, 15) is 4.79 Å². The molecule has 2 unspecified atom stereocenters. The van der Waals surface area contributed by atoms with Gasteiger partial charge in [0.2, 0.25) is 11.9 Å².